The molecule has 0 aliphatic carbocycles. The molecule has 0 radical (unpaired) electrons. The zero-order valence-corrected chi connectivity index (χ0v) is 20.2. The summed E-state index contributed by atoms with van der Waals surface area (Å²) in [6.45, 7) is 6.51. The third kappa shape index (κ3) is 4.60. The molecule has 2 aliphatic rings. The van der Waals surface area contributed by atoms with Crippen LogP contribution in [-0.2, 0) is 9.53 Å². The molecule has 2 amide bonds. The topological polar surface area (TPSA) is 87.5 Å². The molecule has 33 heavy (non-hydrogen) atoms. The number of carbonyl (C=O) groups is 2. The van der Waals surface area contributed by atoms with Crippen molar-refractivity contribution in [2.75, 3.05) is 44.2 Å². The average Bonchev–Trinajstić information content (AvgIpc) is 3.09. The molecule has 2 fully saturated rings. The summed E-state index contributed by atoms with van der Waals surface area (Å²) in [5, 5.41) is 0. The minimum atomic E-state index is -0.344. The molecular weight excluding hydrogens is 462 g/mol. The van der Waals surface area contributed by atoms with Crippen LogP contribution in [0.5, 0.6) is 0 Å². The molecule has 2 aromatic heterocycles. The summed E-state index contributed by atoms with van der Waals surface area (Å²) in [6.07, 6.45) is 3.71. The largest absolute Gasteiger partial charge is 0.450 e. The number of ether oxygens (including phenoxy) is 1. The van der Waals surface area contributed by atoms with Crippen molar-refractivity contribution in [1.82, 2.24) is 19.2 Å². The van der Waals surface area contributed by atoms with E-state index >= 15 is 0 Å². The Morgan fingerprint density at radius 3 is 2.67 bits per heavy atom. The number of hydrogen-bond acceptors (Lipinski definition) is 8. The van der Waals surface area contributed by atoms with Crippen molar-refractivity contribution in [1.29, 1.82) is 0 Å². The van der Waals surface area contributed by atoms with Gasteiger partial charge in [-0.15, -0.1) is 0 Å². The molecule has 0 spiro atoms. The van der Waals surface area contributed by atoms with Crippen molar-refractivity contribution >= 4 is 57.8 Å². The lowest BCUT2D eigenvalue weighted by Crippen LogP contribution is -2.49. The Labute approximate surface area is 201 Å². The van der Waals surface area contributed by atoms with Crippen LogP contribution in [0.1, 0.15) is 25.8 Å². The Hall–Kier alpha value is -2.92. The van der Waals surface area contributed by atoms with Crippen LogP contribution in [0.2, 0.25) is 0 Å². The van der Waals surface area contributed by atoms with E-state index in [0.717, 1.165) is 6.42 Å². The first-order valence-electron chi connectivity index (χ1n) is 10.9. The van der Waals surface area contributed by atoms with Gasteiger partial charge in [0.1, 0.15) is 15.8 Å². The zero-order valence-electron chi connectivity index (χ0n) is 18.5. The molecule has 0 N–H and O–H groups in total. The van der Waals surface area contributed by atoms with Crippen LogP contribution < -0.4 is 10.5 Å². The van der Waals surface area contributed by atoms with Crippen LogP contribution >= 0.6 is 24.0 Å². The number of thiocarbonyl (C=S) groups is 1. The van der Waals surface area contributed by atoms with Gasteiger partial charge in [0.25, 0.3) is 11.5 Å². The summed E-state index contributed by atoms with van der Waals surface area (Å²) < 4.78 is 7.06. The second-order valence-corrected chi connectivity index (χ2v) is 9.27. The summed E-state index contributed by atoms with van der Waals surface area (Å²) in [7, 11) is 0. The number of nitrogens with zero attached hydrogens (tertiary/aromatic N) is 5. The minimum Gasteiger partial charge on any atom is -0.450 e. The maximum atomic E-state index is 13.4. The van der Waals surface area contributed by atoms with Gasteiger partial charge in [-0.1, -0.05) is 37.0 Å². The summed E-state index contributed by atoms with van der Waals surface area (Å²) in [5.74, 6) is 0.304. The zero-order chi connectivity index (χ0) is 23.5. The van der Waals surface area contributed by atoms with E-state index in [9.17, 15) is 14.4 Å². The number of hydrogen-bond donors (Lipinski definition) is 0. The fraction of sp³-hybridized carbons (Fsp3) is 0.409. The number of thioether (sulfide) groups is 1. The highest BCUT2D eigenvalue weighted by Gasteiger charge is 2.33. The van der Waals surface area contributed by atoms with Crippen LogP contribution in [0.4, 0.5) is 10.6 Å². The first-order chi connectivity index (χ1) is 15.9. The van der Waals surface area contributed by atoms with Crippen LogP contribution in [0, 0.1) is 0 Å². The molecule has 9 nitrogen and oxygen atoms in total. The number of pyridine rings is 1. The predicted octanol–water partition coefficient (Wildman–Crippen LogP) is 2.58. The summed E-state index contributed by atoms with van der Waals surface area (Å²) in [5.41, 5.74) is 0.588. The minimum absolute atomic E-state index is 0.192. The van der Waals surface area contributed by atoms with Gasteiger partial charge in [0.2, 0.25) is 0 Å². The molecular formula is C22H25N5O4S2. The van der Waals surface area contributed by atoms with E-state index in [2.05, 4.69) is 0 Å². The molecule has 0 unspecified atom stereocenters. The van der Waals surface area contributed by atoms with E-state index in [1.165, 1.54) is 16.2 Å². The summed E-state index contributed by atoms with van der Waals surface area (Å²) in [6, 6.07) is 5.35. The molecule has 4 rings (SSSR count). The lowest BCUT2D eigenvalue weighted by Gasteiger charge is -2.35. The average molecular weight is 488 g/mol. The molecule has 11 heteroatoms. The van der Waals surface area contributed by atoms with E-state index in [4.69, 9.17) is 21.9 Å². The summed E-state index contributed by atoms with van der Waals surface area (Å²) >= 11 is 6.57. The van der Waals surface area contributed by atoms with Gasteiger partial charge < -0.3 is 14.5 Å². The second kappa shape index (κ2) is 9.92. The van der Waals surface area contributed by atoms with E-state index in [0.29, 0.717) is 65.6 Å². The summed E-state index contributed by atoms with van der Waals surface area (Å²) in [4.78, 5) is 48.7. The van der Waals surface area contributed by atoms with Crippen LogP contribution in [0.3, 0.4) is 0 Å². The van der Waals surface area contributed by atoms with Crippen molar-refractivity contribution in [2.45, 2.75) is 20.3 Å². The molecule has 0 bridgehead atoms. The molecule has 0 atom stereocenters. The highest BCUT2D eigenvalue weighted by Crippen LogP contribution is 2.33. The van der Waals surface area contributed by atoms with Gasteiger partial charge in [-0.2, -0.15) is 0 Å². The molecule has 0 saturated carbocycles. The van der Waals surface area contributed by atoms with Crippen molar-refractivity contribution in [3.05, 3.63) is 45.2 Å². The molecule has 2 aliphatic heterocycles. The van der Waals surface area contributed by atoms with Gasteiger partial charge in [-0.05, 0) is 31.6 Å². The van der Waals surface area contributed by atoms with Crippen molar-refractivity contribution < 1.29 is 14.3 Å². The monoisotopic (exact) mass is 487 g/mol. The number of carbonyl (C=O) groups excluding carboxylic acids is 2. The van der Waals surface area contributed by atoms with Gasteiger partial charge in [-0.3, -0.25) is 18.9 Å². The normalized spacial score (nSPS) is 18.0. The first kappa shape index (κ1) is 23.2. The standard InChI is InChI=1S/C22H25N5O4S2/c1-3-8-27-20(29)16(33-22(27)32)14-15-18(23-17-7-5-6-9-26(17)19(15)28)24-10-12-25(13-11-24)21(30)31-4-2/h5-7,9,14H,3-4,8,10-13H2,1-2H3/b16-14-. The molecule has 2 aromatic rings. The lowest BCUT2D eigenvalue weighted by molar-refractivity contribution is -0.122. The highest BCUT2D eigenvalue weighted by atomic mass is 32.2. The fourth-order valence-corrected chi connectivity index (χ4v) is 5.11. The molecule has 174 valence electrons. The van der Waals surface area contributed by atoms with Crippen molar-refractivity contribution in [3.8, 4) is 0 Å². The third-order valence-corrected chi connectivity index (χ3v) is 6.83. The van der Waals surface area contributed by atoms with Gasteiger partial charge in [-0.25, -0.2) is 9.78 Å². The number of piperazine rings is 1. The Kier molecular flexibility index (Phi) is 6.99. The quantitative estimate of drug-likeness (QED) is 0.470. The lowest BCUT2D eigenvalue weighted by atomic mass is 10.2. The van der Waals surface area contributed by atoms with E-state index < -0.39 is 0 Å². The number of aromatic nitrogens is 2. The Bertz CT molecular complexity index is 1190. The van der Waals surface area contributed by atoms with E-state index in [-0.39, 0.29) is 17.6 Å². The maximum absolute atomic E-state index is 13.4. The highest BCUT2D eigenvalue weighted by molar-refractivity contribution is 8.26. The Morgan fingerprint density at radius 1 is 1.21 bits per heavy atom. The van der Waals surface area contributed by atoms with Gasteiger partial charge in [0.15, 0.2) is 0 Å². The molecule has 0 aromatic carbocycles. The fourth-order valence-electron chi connectivity index (χ4n) is 3.82. The Morgan fingerprint density at radius 2 is 1.97 bits per heavy atom. The van der Waals surface area contributed by atoms with Gasteiger partial charge in [0.05, 0.1) is 17.1 Å². The van der Waals surface area contributed by atoms with E-state index in [1.54, 1.807) is 41.1 Å². The number of fused-ring (bicyclic) bond motifs is 1. The number of anilines is 1. The third-order valence-electron chi connectivity index (χ3n) is 5.45. The van der Waals surface area contributed by atoms with Crippen molar-refractivity contribution in [3.63, 3.8) is 0 Å². The number of amides is 2. The maximum Gasteiger partial charge on any atom is 0.409 e. The predicted molar refractivity (Wildman–Crippen MR) is 132 cm³/mol. The van der Waals surface area contributed by atoms with Crippen molar-refractivity contribution in [2.24, 2.45) is 0 Å². The molecule has 2 saturated heterocycles. The number of rotatable bonds is 5. The van der Waals surface area contributed by atoms with E-state index in [1.807, 2.05) is 17.9 Å². The van der Waals surface area contributed by atoms with Gasteiger partial charge in [0, 0.05) is 38.9 Å². The van der Waals surface area contributed by atoms with Gasteiger partial charge >= 0.3 is 6.09 Å². The first-order valence-corrected chi connectivity index (χ1v) is 12.1. The van der Waals surface area contributed by atoms with Crippen LogP contribution in [0.25, 0.3) is 11.7 Å². The smallest absolute Gasteiger partial charge is 0.409 e. The Balaban J connectivity index is 1.72. The van der Waals surface area contributed by atoms with Crippen LogP contribution in [0.15, 0.2) is 34.1 Å². The SMILES string of the molecule is CCCN1C(=O)/C(=C/c2c(N3CCN(C(=O)OCC)CC3)nc3ccccn3c2=O)SC1=S. The second-order valence-electron chi connectivity index (χ2n) is 7.59. The molecule has 4 heterocycles. The van der Waals surface area contributed by atoms with Crippen LogP contribution in [-0.4, -0.2) is 74.8 Å².